The molecular formula is C24H44N5O4P. The highest BCUT2D eigenvalue weighted by atomic mass is 31.2. The number of unbranched alkanes of at least 4 members (excludes halogenated alkanes) is 10. The molecule has 34 heavy (non-hydrogen) atoms. The van der Waals surface area contributed by atoms with Crippen LogP contribution in [0.4, 0.5) is 5.82 Å². The molecule has 0 saturated carbocycles. The second-order valence-electron chi connectivity index (χ2n) is 8.72. The van der Waals surface area contributed by atoms with E-state index in [1.165, 1.54) is 57.7 Å². The van der Waals surface area contributed by atoms with Gasteiger partial charge in [-0.1, -0.05) is 78.1 Å². The van der Waals surface area contributed by atoms with Crippen LogP contribution in [0.3, 0.4) is 0 Å². The molecule has 0 amide bonds. The number of rotatable bonds is 21. The van der Waals surface area contributed by atoms with Crippen molar-refractivity contribution in [2.75, 3.05) is 31.9 Å². The average Bonchev–Trinajstić information content (AvgIpc) is 3.25. The van der Waals surface area contributed by atoms with Crippen molar-refractivity contribution in [3.63, 3.8) is 0 Å². The van der Waals surface area contributed by atoms with E-state index in [9.17, 15) is 4.57 Å². The van der Waals surface area contributed by atoms with Gasteiger partial charge < -0.3 is 24.1 Å². The first kappa shape index (κ1) is 28.7. The van der Waals surface area contributed by atoms with Gasteiger partial charge in [-0.2, -0.15) is 0 Å². The van der Waals surface area contributed by atoms with E-state index < -0.39 is 7.60 Å². The molecule has 0 aliphatic rings. The summed E-state index contributed by atoms with van der Waals surface area (Å²) in [5.41, 5.74) is 7.06. The largest absolute Gasteiger partial charge is 0.382 e. The maximum atomic E-state index is 13.3. The minimum atomic E-state index is -3.30. The van der Waals surface area contributed by atoms with Gasteiger partial charge in [0.05, 0.1) is 26.1 Å². The fourth-order valence-electron chi connectivity index (χ4n) is 3.69. The number of anilines is 1. The highest BCUT2D eigenvalue weighted by Crippen LogP contribution is 2.48. The molecule has 0 aliphatic carbocycles. The summed E-state index contributed by atoms with van der Waals surface area (Å²) in [6.45, 7) is 6.12. The lowest BCUT2D eigenvalue weighted by molar-refractivity contribution is 0.121. The molecule has 0 fully saturated rings. The molecule has 2 rings (SSSR count). The van der Waals surface area contributed by atoms with E-state index in [-0.39, 0.29) is 6.35 Å². The Morgan fingerprint density at radius 2 is 1.41 bits per heavy atom. The van der Waals surface area contributed by atoms with Gasteiger partial charge in [-0.15, -0.1) is 0 Å². The molecule has 0 radical (unpaired) electrons. The third-order valence-electron chi connectivity index (χ3n) is 5.73. The fraction of sp³-hybridized carbons (Fsp3) is 0.792. The van der Waals surface area contributed by atoms with Crippen molar-refractivity contribution in [1.82, 2.24) is 19.5 Å². The van der Waals surface area contributed by atoms with Gasteiger partial charge in [-0.3, -0.25) is 4.57 Å². The number of hydrogen-bond donors (Lipinski definition) is 1. The molecule has 9 nitrogen and oxygen atoms in total. The molecule has 2 N–H and O–H groups in total. The van der Waals surface area contributed by atoms with E-state index >= 15 is 0 Å². The summed E-state index contributed by atoms with van der Waals surface area (Å²) in [7, 11) is -3.30. The third-order valence-corrected chi connectivity index (χ3v) is 7.38. The minimum Gasteiger partial charge on any atom is -0.382 e. The quantitative estimate of drug-likeness (QED) is 0.157. The molecule has 2 aromatic rings. The Labute approximate surface area is 204 Å². The summed E-state index contributed by atoms with van der Waals surface area (Å²) >= 11 is 0. The van der Waals surface area contributed by atoms with Gasteiger partial charge in [-0.05, 0) is 12.8 Å². The van der Waals surface area contributed by atoms with E-state index in [1.54, 1.807) is 6.33 Å². The number of nitrogens with two attached hydrogens (primary N) is 1. The molecular weight excluding hydrogens is 453 g/mol. The van der Waals surface area contributed by atoms with Gasteiger partial charge in [-0.25, -0.2) is 15.0 Å². The summed E-state index contributed by atoms with van der Waals surface area (Å²) in [5, 5.41) is 0. The fourth-order valence-corrected chi connectivity index (χ4v) is 5.08. The second kappa shape index (κ2) is 17.0. The maximum absolute atomic E-state index is 13.3. The number of nitrogens with zero attached hydrogens (tertiary/aromatic N) is 4. The SMILES string of the molecule is CCCCCCCCOP(=O)(COCCn1cnc2c(N)ncnc21)OCCCCCCCC. The molecule has 0 aliphatic heterocycles. The van der Waals surface area contributed by atoms with Crippen molar-refractivity contribution < 1.29 is 18.3 Å². The van der Waals surface area contributed by atoms with Crippen molar-refractivity contribution in [2.45, 2.75) is 97.4 Å². The van der Waals surface area contributed by atoms with E-state index in [1.807, 2.05) is 4.57 Å². The maximum Gasteiger partial charge on any atom is 0.356 e. The van der Waals surface area contributed by atoms with Crippen molar-refractivity contribution in [3.05, 3.63) is 12.7 Å². The van der Waals surface area contributed by atoms with Crippen LogP contribution in [0.5, 0.6) is 0 Å². The third kappa shape index (κ3) is 10.8. The summed E-state index contributed by atoms with van der Waals surface area (Å²) in [4.78, 5) is 12.4. The molecule has 194 valence electrons. The van der Waals surface area contributed by atoms with Crippen LogP contribution in [0, 0.1) is 0 Å². The first-order chi connectivity index (χ1) is 16.6. The van der Waals surface area contributed by atoms with Crippen LogP contribution >= 0.6 is 7.60 Å². The Bertz CT molecular complexity index is 826. The lowest BCUT2D eigenvalue weighted by atomic mass is 10.1. The van der Waals surface area contributed by atoms with Crippen molar-refractivity contribution >= 4 is 24.6 Å². The molecule has 0 aromatic carbocycles. The number of ether oxygens (including phenoxy) is 1. The van der Waals surface area contributed by atoms with Crippen LogP contribution < -0.4 is 5.73 Å². The molecule has 0 bridgehead atoms. The molecule has 2 aromatic heterocycles. The van der Waals surface area contributed by atoms with Gasteiger partial charge in [0, 0.05) is 6.54 Å². The first-order valence-corrected chi connectivity index (χ1v) is 14.7. The van der Waals surface area contributed by atoms with Gasteiger partial charge in [0.25, 0.3) is 0 Å². The minimum absolute atomic E-state index is 0.0532. The lowest BCUT2D eigenvalue weighted by Crippen LogP contribution is -2.10. The predicted molar refractivity (Wildman–Crippen MR) is 137 cm³/mol. The zero-order chi connectivity index (χ0) is 24.5. The number of aromatic nitrogens is 4. The van der Waals surface area contributed by atoms with Crippen LogP contribution in [0.2, 0.25) is 0 Å². The van der Waals surface area contributed by atoms with Gasteiger partial charge >= 0.3 is 7.60 Å². The summed E-state index contributed by atoms with van der Waals surface area (Å²) < 4.78 is 32.4. The number of imidazole rings is 1. The van der Waals surface area contributed by atoms with Crippen LogP contribution in [-0.4, -0.2) is 45.7 Å². The van der Waals surface area contributed by atoms with Gasteiger partial charge in [0.1, 0.15) is 18.2 Å². The van der Waals surface area contributed by atoms with Crippen LogP contribution in [0.25, 0.3) is 11.2 Å². The Morgan fingerprint density at radius 3 is 2.03 bits per heavy atom. The molecule has 0 atom stereocenters. The van der Waals surface area contributed by atoms with Crippen LogP contribution in [0.15, 0.2) is 12.7 Å². The number of nitrogen functional groups attached to an aromatic ring is 1. The molecule has 0 saturated heterocycles. The monoisotopic (exact) mass is 497 g/mol. The first-order valence-electron chi connectivity index (χ1n) is 13.0. The van der Waals surface area contributed by atoms with Crippen molar-refractivity contribution in [3.8, 4) is 0 Å². The Morgan fingerprint density at radius 1 is 0.824 bits per heavy atom. The standard InChI is InChI=1S/C24H44N5O4P/c1-3-5-7-9-11-13-16-32-34(30,33-17-14-12-10-8-6-4-2)21-31-18-15-29-20-28-22-23(25)26-19-27-24(22)29/h19-20H,3-18,21H2,1-2H3,(H2,25,26,27). The zero-order valence-corrected chi connectivity index (χ0v) is 22.0. The molecule has 2 heterocycles. The van der Waals surface area contributed by atoms with Gasteiger partial charge in [0.2, 0.25) is 0 Å². The summed E-state index contributed by atoms with van der Waals surface area (Å²) in [5.74, 6) is 0.348. The molecule has 0 spiro atoms. The smallest absolute Gasteiger partial charge is 0.356 e. The Hall–Kier alpha value is -1.54. The van der Waals surface area contributed by atoms with Crippen molar-refractivity contribution in [1.29, 1.82) is 0 Å². The Balaban J connectivity index is 1.76. The van der Waals surface area contributed by atoms with Gasteiger partial charge in [0.15, 0.2) is 11.5 Å². The topological polar surface area (TPSA) is 114 Å². The molecule has 10 heteroatoms. The Kier molecular flexibility index (Phi) is 14.3. The molecule has 0 unspecified atom stereocenters. The number of hydrogen-bond acceptors (Lipinski definition) is 8. The van der Waals surface area contributed by atoms with Crippen LogP contribution in [-0.2, 0) is 24.9 Å². The second-order valence-corrected chi connectivity index (χ2v) is 10.7. The average molecular weight is 498 g/mol. The van der Waals surface area contributed by atoms with Crippen molar-refractivity contribution in [2.24, 2.45) is 0 Å². The van der Waals surface area contributed by atoms with E-state index in [0.717, 1.165) is 25.7 Å². The summed E-state index contributed by atoms with van der Waals surface area (Å²) in [6.07, 6.45) is 16.8. The lowest BCUT2D eigenvalue weighted by Gasteiger charge is -2.19. The predicted octanol–water partition coefficient (Wildman–Crippen LogP) is 6.33. The van der Waals surface area contributed by atoms with E-state index in [0.29, 0.717) is 43.3 Å². The highest BCUT2D eigenvalue weighted by Gasteiger charge is 2.25. The van der Waals surface area contributed by atoms with E-state index in [4.69, 9.17) is 19.5 Å². The normalized spacial score (nSPS) is 12.1. The highest BCUT2D eigenvalue weighted by molar-refractivity contribution is 7.53. The number of fused-ring (bicyclic) bond motifs is 1. The van der Waals surface area contributed by atoms with Crippen LogP contribution in [0.1, 0.15) is 90.9 Å². The van der Waals surface area contributed by atoms with E-state index in [2.05, 4.69) is 28.8 Å². The zero-order valence-electron chi connectivity index (χ0n) is 21.1. The summed E-state index contributed by atoms with van der Waals surface area (Å²) in [6, 6.07) is 0.